The highest BCUT2D eigenvalue weighted by Gasteiger charge is 2.34. The van der Waals surface area contributed by atoms with Crippen molar-refractivity contribution in [2.45, 2.75) is 37.6 Å². The van der Waals surface area contributed by atoms with Gasteiger partial charge in [-0.3, -0.25) is 4.79 Å². The lowest BCUT2D eigenvalue weighted by atomic mass is 9.77. The Kier molecular flexibility index (Phi) is 12.0. The quantitative estimate of drug-likeness (QED) is 0.211. The van der Waals surface area contributed by atoms with Crippen molar-refractivity contribution in [3.05, 3.63) is 117 Å². The van der Waals surface area contributed by atoms with E-state index in [9.17, 15) is 4.79 Å². The van der Waals surface area contributed by atoms with E-state index in [2.05, 4.69) is 86.6 Å². The molecule has 4 aliphatic rings. The second-order valence-corrected chi connectivity index (χ2v) is 15.2. The second-order valence-electron chi connectivity index (χ2n) is 14.3. The van der Waals surface area contributed by atoms with Gasteiger partial charge >= 0.3 is 0 Å². The van der Waals surface area contributed by atoms with Crippen molar-refractivity contribution in [3.63, 3.8) is 0 Å². The molecule has 10 heteroatoms. The standard InChI is InChI=1S/C25H33N5O2.C17H17Cl2N/c1-27-10-12-28(13-11-27)23-5-3-2-4-20(23)18-21-8-9-30(25(21)31)22-6-7-24(26-19-22)29-14-16-32-17-15-29;1-20-17-9-7-12(13-4-2-3-5-14(13)17)11-6-8-15(18)16(19)10-11/h2-7,19,21H,8-18H2,1H3;2-6,8,10,12,17,20H,7,9H2,1H3/t;12-,17-/m.0/s1. The number of nitrogens with one attached hydrogen (secondary N) is 1. The third-order valence-corrected chi connectivity index (χ3v) is 11.9. The summed E-state index contributed by atoms with van der Waals surface area (Å²) in [4.78, 5) is 26.9. The maximum absolute atomic E-state index is 13.3. The number of benzene rings is 3. The monoisotopic (exact) mass is 740 g/mol. The molecule has 4 aromatic rings. The Balaban J connectivity index is 0.000000180. The number of fused-ring (bicyclic) bond motifs is 1. The highest BCUT2D eigenvalue weighted by molar-refractivity contribution is 6.42. The summed E-state index contributed by atoms with van der Waals surface area (Å²) in [6.07, 6.45) is 5.81. The van der Waals surface area contributed by atoms with Crippen LogP contribution in [0.1, 0.15) is 53.5 Å². The van der Waals surface area contributed by atoms with Crippen LogP contribution in [0.25, 0.3) is 0 Å². The summed E-state index contributed by atoms with van der Waals surface area (Å²) in [5, 5.41) is 4.66. The van der Waals surface area contributed by atoms with Crippen LogP contribution < -0.4 is 20.0 Å². The molecular weight excluding hydrogens is 691 g/mol. The van der Waals surface area contributed by atoms with Crippen LogP contribution in [-0.2, 0) is 16.0 Å². The van der Waals surface area contributed by atoms with Crippen LogP contribution in [0.5, 0.6) is 0 Å². The number of para-hydroxylation sites is 1. The summed E-state index contributed by atoms with van der Waals surface area (Å²) in [5.74, 6) is 1.62. The van der Waals surface area contributed by atoms with Gasteiger partial charge in [-0.2, -0.15) is 0 Å². The van der Waals surface area contributed by atoms with Crippen LogP contribution >= 0.6 is 23.2 Å². The molecule has 0 bridgehead atoms. The van der Waals surface area contributed by atoms with E-state index in [1.165, 1.54) is 27.9 Å². The fourth-order valence-corrected chi connectivity index (χ4v) is 8.48. The van der Waals surface area contributed by atoms with Crippen molar-refractivity contribution in [2.24, 2.45) is 5.92 Å². The van der Waals surface area contributed by atoms with Gasteiger partial charge in [0.1, 0.15) is 5.82 Å². The smallest absolute Gasteiger partial charge is 0.230 e. The number of aromatic nitrogens is 1. The topological polar surface area (TPSA) is 64.2 Å². The molecule has 52 heavy (non-hydrogen) atoms. The van der Waals surface area contributed by atoms with Crippen molar-refractivity contribution in [1.29, 1.82) is 0 Å². The van der Waals surface area contributed by atoms with E-state index in [4.69, 9.17) is 27.9 Å². The first-order valence-electron chi connectivity index (χ1n) is 18.7. The molecule has 274 valence electrons. The minimum atomic E-state index is 0.0301. The Hall–Kier alpha value is -3.66. The summed E-state index contributed by atoms with van der Waals surface area (Å²) >= 11 is 12.2. The second kappa shape index (κ2) is 17.0. The maximum Gasteiger partial charge on any atom is 0.230 e. The van der Waals surface area contributed by atoms with Crippen LogP contribution in [0.4, 0.5) is 17.2 Å². The normalized spacial score (nSPS) is 22.2. The third-order valence-electron chi connectivity index (χ3n) is 11.2. The van der Waals surface area contributed by atoms with E-state index >= 15 is 0 Å². The lowest BCUT2D eigenvalue weighted by molar-refractivity contribution is -0.120. The van der Waals surface area contributed by atoms with Crippen molar-refractivity contribution in [3.8, 4) is 0 Å². The first-order valence-corrected chi connectivity index (χ1v) is 19.5. The highest BCUT2D eigenvalue weighted by atomic mass is 35.5. The Morgan fingerprint density at radius 1 is 0.788 bits per heavy atom. The number of piperazine rings is 1. The molecule has 8 nitrogen and oxygen atoms in total. The summed E-state index contributed by atoms with van der Waals surface area (Å²) in [5.41, 5.74) is 7.54. The minimum Gasteiger partial charge on any atom is -0.378 e. The van der Waals surface area contributed by atoms with Gasteiger partial charge in [-0.25, -0.2) is 4.98 Å². The molecule has 3 fully saturated rings. The Morgan fingerprint density at radius 2 is 1.54 bits per heavy atom. The zero-order valence-electron chi connectivity index (χ0n) is 30.3. The maximum atomic E-state index is 13.3. The largest absolute Gasteiger partial charge is 0.378 e. The van der Waals surface area contributed by atoms with Gasteiger partial charge in [0.25, 0.3) is 0 Å². The van der Waals surface area contributed by atoms with Gasteiger partial charge < -0.3 is 29.7 Å². The number of likely N-dealkylation sites (N-methyl/N-ethyl adjacent to an activating group) is 1. The van der Waals surface area contributed by atoms with Gasteiger partial charge in [-0.15, -0.1) is 0 Å². The number of ether oxygens (including phenoxy) is 1. The molecule has 1 aromatic heterocycles. The Morgan fingerprint density at radius 3 is 2.27 bits per heavy atom. The molecule has 0 radical (unpaired) electrons. The first kappa shape index (κ1) is 36.7. The number of nitrogens with zero attached hydrogens (tertiary/aromatic N) is 5. The summed E-state index contributed by atoms with van der Waals surface area (Å²) in [6, 6.07) is 27.8. The van der Waals surface area contributed by atoms with E-state index in [1.807, 2.05) is 42.4 Å². The number of carbonyl (C=O) groups excluding carboxylic acids is 1. The molecule has 0 saturated carbocycles. The van der Waals surface area contributed by atoms with Crippen LogP contribution in [0.3, 0.4) is 0 Å². The molecular formula is C42H50Cl2N6O2. The molecule has 4 heterocycles. The number of rotatable bonds is 7. The molecule has 1 unspecified atom stereocenters. The first-order chi connectivity index (χ1) is 25.4. The number of hydrogen-bond acceptors (Lipinski definition) is 7. The number of halogens is 2. The minimum absolute atomic E-state index is 0.0301. The number of morpholine rings is 1. The fourth-order valence-electron chi connectivity index (χ4n) is 8.17. The van der Waals surface area contributed by atoms with E-state index in [0.717, 1.165) is 96.2 Å². The number of pyridine rings is 1. The third kappa shape index (κ3) is 8.27. The zero-order valence-corrected chi connectivity index (χ0v) is 31.8. The molecule has 8 rings (SSSR count). The van der Waals surface area contributed by atoms with Crippen LogP contribution in [0, 0.1) is 5.92 Å². The fraction of sp³-hybridized carbons (Fsp3) is 0.429. The number of carbonyl (C=O) groups is 1. The van der Waals surface area contributed by atoms with E-state index in [1.54, 1.807) is 0 Å². The molecule has 1 amide bonds. The number of anilines is 3. The molecule has 3 atom stereocenters. The number of hydrogen-bond donors (Lipinski definition) is 1. The Labute approximate surface area is 318 Å². The van der Waals surface area contributed by atoms with E-state index in [-0.39, 0.29) is 11.8 Å². The number of amides is 1. The molecule has 3 saturated heterocycles. The molecule has 3 aliphatic heterocycles. The summed E-state index contributed by atoms with van der Waals surface area (Å²) in [6.45, 7) is 8.22. The lowest BCUT2D eigenvalue weighted by Crippen LogP contribution is -2.44. The zero-order chi connectivity index (χ0) is 36.0. The van der Waals surface area contributed by atoms with Gasteiger partial charge in [0, 0.05) is 69.4 Å². The summed E-state index contributed by atoms with van der Waals surface area (Å²) in [7, 11) is 4.21. The van der Waals surface area contributed by atoms with Gasteiger partial charge in [0.2, 0.25) is 5.91 Å². The van der Waals surface area contributed by atoms with Gasteiger partial charge in [-0.05, 0) is 92.4 Å². The average Bonchev–Trinajstić information content (AvgIpc) is 3.55. The molecule has 0 spiro atoms. The average molecular weight is 742 g/mol. The van der Waals surface area contributed by atoms with Crippen LogP contribution in [0.2, 0.25) is 10.0 Å². The summed E-state index contributed by atoms with van der Waals surface area (Å²) < 4.78 is 5.43. The van der Waals surface area contributed by atoms with Crippen molar-refractivity contribution in [1.82, 2.24) is 15.2 Å². The van der Waals surface area contributed by atoms with Gasteiger partial charge in [0.05, 0.1) is 35.1 Å². The molecule has 3 aromatic carbocycles. The predicted octanol–water partition coefficient (Wildman–Crippen LogP) is 7.45. The van der Waals surface area contributed by atoms with Gasteiger partial charge in [-0.1, -0.05) is 71.7 Å². The van der Waals surface area contributed by atoms with E-state index < -0.39 is 0 Å². The van der Waals surface area contributed by atoms with Gasteiger partial charge in [0.15, 0.2) is 0 Å². The molecule has 1 N–H and O–H groups in total. The van der Waals surface area contributed by atoms with Crippen molar-refractivity contribution in [2.75, 3.05) is 87.8 Å². The lowest BCUT2D eigenvalue weighted by Gasteiger charge is -2.35. The highest BCUT2D eigenvalue weighted by Crippen LogP contribution is 2.42. The Bertz CT molecular complexity index is 1810. The van der Waals surface area contributed by atoms with Crippen LogP contribution in [0.15, 0.2) is 85.1 Å². The van der Waals surface area contributed by atoms with E-state index in [0.29, 0.717) is 22.0 Å². The SMILES string of the molecule is CN1CCN(c2ccccc2CC2CCN(c3ccc(N4CCOCC4)nc3)C2=O)CC1.CN[C@H]1CC[C@@H](c2ccc(Cl)c(Cl)c2)c2ccccc21. The van der Waals surface area contributed by atoms with Crippen molar-refractivity contribution < 1.29 is 9.53 Å². The predicted molar refractivity (Wildman–Crippen MR) is 213 cm³/mol. The molecule has 1 aliphatic carbocycles. The van der Waals surface area contributed by atoms with Crippen molar-refractivity contribution >= 4 is 46.3 Å². The van der Waals surface area contributed by atoms with Crippen LogP contribution in [-0.4, -0.2) is 88.9 Å².